The molecule has 0 fully saturated rings. The molecule has 0 saturated carbocycles. The molecule has 0 saturated heterocycles. The highest BCUT2D eigenvalue weighted by atomic mass is 32.1. The van der Waals surface area contributed by atoms with E-state index in [-0.39, 0.29) is 5.97 Å². The van der Waals surface area contributed by atoms with Gasteiger partial charge in [-0.1, -0.05) is 6.92 Å². The van der Waals surface area contributed by atoms with Crippen LogP contribution in [-0.4, -0.2) is 35.5 Å². The summed E-state index contributed by atoms with van der Waals surface area (Å²) in [6.07, 6.45) is 2.33. The van der Waals surface area contributed by atoms with Gasteiger partial charge in [-0.15, -0.1) is 0 Å². The molecule has 1 rings (SSSR count). The third-order valence-electron chi connectivity index (χ3n) is 2.21. The standard InChI is InChI=1S/C11H19N3O2S/c1-4-6-9-12-11(17-13-9)14(3)8-7-10(15)16-5-2/h4-8H2,1-3H3. The van der Waals surface area contributed by atoms with E-state index in [1.54, 1.807) is 0 Å². The van der Waals surface area contributed by atoms with Gasteiger partial charge in [0.05, 0.1) is 13.0 Å². The van der Waals surface area contributed by atoms with Gasteiger partial charge in [-0.2, -0.15) is 4.37 Å². The quantitative estimate of drug-likeness (QED) is 0.698. The van der Waals surface area contributed by atoms with Crippen molar-refractivity contribution in [2.75, 3.05) is 25.1 Å². The Morgan fingerprint density at radius 1 is 1.47 bits per heavy atom. The van der Waals surface area contributed by atoms with Crippen molar-refractivity contribution in [2.24, 2.45) is 0 Å². The average Bonchev–Trinajstić information content (AvgIpc) is 2.75. The molecule has 5 nitrogen and oxygen atoms in total. The summed E-state index contributed by atoms with van der Waals surface area (Å²) in [6, 6.07) is 0. The van der Waals surface area contributed by atoms with Crippen molar-refractivity contribution >= 4 is 22.6 Å². The second kappa shape index (κ2) is 7.21. The van der Waals surface area contributed by atoms with Gasteiger partial charge in [-0.3, -0.25) is 4.79 Å². The predicted octanol–water partition coefficient (Wildman–Crippen LogP) is 1.88. The molecule has 0 bridgehead atoms. The third kappa shape index (κ3) is 4.68. The molecule has 17 heavy (non-hydrogen) atoms. The van der Waals surface area contributed by atoms with E-state index in [4.69, 9.17) is 4.74 Å². The van der Waals surface area contributed by atoms with Crippen molar-refractivity contribution in [1.29, 1.82) is 0 Å². The third-order valence-corrected chi connectivity index (χ3v) is 3.08. The largest absolute Gasteiger partial charge is 0.466 e. The van der Waals surface area contributed by atoms with E-state index in [1.165, 1.54) is 11.5 Å². The van der Waals surface area contributed by atoms with Crippen molar-refractivity contribution in [3.8, 4) is 0 Å². The van der Waals surface area contributed by atoms with E-state index in [0.29, 0.717) is 19.6 Å². The molecule has 1 heterocycles. The molecule has 1 aromatic heterocycles. The Labute approximate surface area is 106 Å². The molecule has 0 spiro atoms. The van der Waals surface area contributed by atoms with Crippen molar-refractivity contribution in [1.82, 2.24) is 9.36 Å². The van der Waals surface area contributed by atoms with Crippen LogP contribution in [0.1, 0.15) is 32.5 Å². The number of hydrogen-bond donors (Lipinski definition) is 0. The smallest absolute Gasteiger partial charge is 0.307 e. The van der Waals surface area contributed by atoms with Gasteiger partial charge in [0.1, 0.15) is 5.82 Å². The molecule has 0 aliphatic carbocycles. The number of esters is 1. The zero-order chi connectivity index (χ0) is 12.7. The molecule has 1 aromatic rings. The normalized spacial score (nSPS) is 10.3. The second-order valence-electron chi connectivity index (χ2n) is 3.72. The summed E-state index contributed by atoms with van der Waals surface area (Å²) >= 11 is 1.38. The summed E-state index contributed by atoms with van der Waals surface area (Å²) in [5.74, 6) is 0.716. The molecule has 0 amide bonds. The SMILES string of the molecule is CCCc1nsc(N(C)CCC(=O)OCC)n1. The minimum absolute atomic E-state index is 0.169. The molecule has 0 aliphatic rings. The van der Waals surface area contributed by atoms with Gasteiger partial charge in [0, 0.05) is 31.5 Å². The first-order valence-electron chi connectivity index (χ1n) is 5.86. The van der Waals surface area contributed by atoms with Crippen LogP contribution in [0, 0.1) is 0 Å². The number of rotatable bonds is 7. The van der Waals surface area contributed by atoms with Crippen LogP contribution in [0.4, 0.5) is 5.13 Å². The summed E-state index contributed by atoms with van der Waals surface area (Å²) < 4.78 is 9.14. The lowest BCUT2D eigenvalue weighted by Gasteiger charge is -2.13. The maximum atomic E-state index is 11.2. The summed E-state index contributed by atoms with van der Waals surface area (Å²) in [7, 11) is 1.91. The summed E-state index contributed by atoms with van der Waals surface area (Å²) in [4.78, 5) is 17.5. The Hall–Kier alpha value is -1.17. The fourth-order valence-electron chi connectivity index (χ4n) is 1.31. The summed E-state index contributed by atoms with van der Waals surface area (Å²) in [5.41, 5.74) is 0. The van der Waals surface area contributed by atoms with Gasteiger partial charge in [-0.05, 0) is 13.3 Å². The second-order valence-corrected chi connectivity index (χ2v) is 4.45. The monoisotopic (exact) mass is 257 g/mol. The number of aromatic nitrogens is 2. The Kier molecular flexibility index (Phi) is 5.90. The highest BCUT2D eigenvalue weighted by Gasteiger charge is 2.10. The fourth-order valence-corrected chi connectivity index (χ4v) is 2.01. The van der Waals surface area contributed by atoms with Crippen LogP contribution in [0.25, 0.3) is 0 Å². The van der Waals surface area contributed by atoms with Crippen molar-refractivity contribution in [3.05, 3.63) is 5.82 Å². The van der Waals surface area contributed by atoms with Crippen molar-refractivity contribution in [3.63, 3.8) is 0 Å². The molecule has 0 unspecified atom stereocenters. The molecule has 96 valence electrons. The van der Waals surface area contributed by atoms with Crippen molar-refractivity contribution < 1.29 is 9.53 Å². The Morgan fingerprint density at radius 3 is 2.88 bits per heavy atom. The lowest BCUT2D eigenvalue weighted by atomic mass is 10.3. The van der Waals surface area contributed by atoms with E-state index in [9.17, 15) is 4.79 Å². The van der Waals surface area contributed by atoms with Gasteiger partial charge >= 0.3 is 5.97 Å². The number of nitrogens with zero attached hydrogens (tertiary/aromatic N) is 3. The fraction of sp³-hybridized carbons (Fsp3) is 0.727. The van der Waals surface area contributed by atoms with Gasteiger partial charge < -0.3 is 9.64 Å². The van der Waals surface area contributed by atoms with Crippen LogP contribution < -0.4 is 4.90 Å². The number of hydrogen-bond acceptors (Lipinski definition) is 6. The Bertz CT molecular complexity index is 354. The van der Waals surface area contributed by atoms with Gasteiger partial charge in [-0.25, -0.2) is 4.98 Å². The highest BCUT2D eigenvalue weighted by molar-refractivity contribution is 7.09. The van der Waals surface area contributed by atoms with Crippen LogP contribution in [0.15, 0.2) is 0 Å². The number of aryl methyl sites for hydroxylation is 1. The maximum absolute atomic E-state index is 11.2. The van der Waals surface area contributed by atoms with Gasteiger partial charge in [0.25, 0.3) is 0 Å². The number of carbonyl (C=O) groups is 1. The van der Waals surface area contributed by atoms with Crippen LogP contribution in [0.3, 0.4) is 0 Å². The predicted molar refractivity (Wildman–Crippen MR) is 68.4 cm³/mol. The minimum atomic E-state index is -0.169. The molecule has 0 N–H and O–H groups in total. The van der Waals surface area contributed by atoms with Gasteiger partial charge in [0.15, 0.2) is 0 Å². The van der Waals surface area contributed by atoms with Crippen molar-refractivity contribution in [2.45, 2.75) is 33.1 Å². The average molecular weight is 257 g/mol. The summed E-state index contributed by atoms with van der Waals surface area (Å²) in [6.45, 7) is 4.95. The van der Waals surface area contributed by atoms with Crippen LogP contribution >= 0.6 is 11.5 Å². The van der Waals surface area contributed by atoms with Crippen LogP contribution in [-0.2, 0) is 16.0 Å². The topological polar surface area (TPSA) is 55.3 Å². The van der Waals surface area contributed by atoms with E-state index in [2.05, 4.69) is 16.3 Å². The molecule has 0 atom stereocenters. The first-order chi connectivity index (χ1) is 8.17. The first-order valence-corrected chi connectivity index (χ1v) is 6.64. The number of ether oxygens (including phenoxy) is 1. The maximum Gasteiger partial charge on any atom is 0.307 e. The highest BCUT2D eigenvalue weighted by Crippen LogP contribution is 2.16. The minimum Gasteiger partial charge on any atom is -0.466 e. The van der Waals surface area contributed by atoms with Crippen LogP contribution in [0.2, 0.25) is 0 Å². The number of anilines is 1. The number of carbonyl (C=O) groups excluding carboxylic acids is 1. The van der Waals surface area contributed by atoms with E-state index in [0.717, 1.165) is 23.8 Å². The van der Waals surface area contributed by atoms with E-state index >= 15 is 0 Å². The zero-order valence-corrected chi connectivity index (χ0v) is 11.4. The molecule has 0 aromatic carbocycles. The lowest BCUT2D eigenvalue weighted by Crippen LogP contribution is -2.21. The molecular formula is C11H19N3O2S. The molecule has 6 heteroatoms. The lowest BCUT2D eigenvalue weighted by molar-refractivity contribution is -0.142. The first kappa shape index (κ1) is 13.9. The zero-order valence-electron chi connectivity index (χ0n) is 10.6. The Morgan fingerprint density at radius 2 is 2.24 bits per heavy atom. The van der Waals surface area contributed by atoms with Crippen LogP contribution in [0.5, 0.6) is 0 Å². The molecule has 0 aliphatic heterocycles. The molecule has 0 radical (unpaired) electrons. The van der Waals surface area contributed by atoms with E-state index < -0.39 is 0 Å². The summed E-state index contributed by atoms with van der Waals surface area (Å²) in [5, 5.41) is 0.859. The van der Waals surface area contributed by atoms with E-state index in [1.807, 2.05) is 18.9 Å². The van der Waals surface area contributed by atoms with Gasteiger partial charge in [0.2, 0.25) is 5.13 Å². The molecular weight excluding hydrogens is 238 g/mol. The Balaban J connectivity index is 2.40.